The van der Waals surface area contributed by atoms with Crippen LogP contribution in [0.4, 0.5) is 0 Å². The first-order valence-electron chi connectivity index (χ1n) is 3.46. The third kappa shape index (κ3) is 1.86. The maximum Gasteiger partial charge on any atom is 0.148 e. The minimum absolute atomic E-state index is 0. The van der Waals surface area contributed by atoms with Crippen LogP contribution < -0.4 is 4.74 Å². The molecule has 0 saturated carbocycles. The number of fused-ring (bicyclic) bond motifs is 1. The zero-order chi connectivity index (χ0) is 8.55. The Morgan fingerprint density at radius 1 is 1.46 bits per heavy atom. The van der Waals surface area contributed by atoms with E-state index in [-0.39, 0.29) is 32.7 Å². The van der Waals surface area contributed by atoms with E-state index >= 15 is 0 Å². The molecule has 0 unspecified atom stereocenters. The van der Waals surface area contributed by atoms with Crippen molar-refractivity contribution in [1.82, 2.24) is 19.8 Å². The molecule has 0 atom stereocenters. The van der Waals surface area contributed by atoms with E-state index in [9.17, 15) is 0 Å². The molecule has 0 aromatic carbocycles. The fourth-order valence-electron chi connectivity index (χ4n) is 0.921. The van der Waals surface area contributed by atoms with Crippen LogP contribution in [0.15, 0.2) is 6.07 Å². The third-order valence-corrected chi connectivity index (χ3v) is 1.53. The maximum absolute atomic E-state index is 4.93. The average Bonchev–Trinajstić information content (AvgIpc) is 2.47. The molecule has 5 nitrogen and oxygen atoms in total. The molecule has 0 saturated heterocycles. The number of hydrogen-bond acceptors (Lipinski definition) is 4. The number of ether oxygens (including phenoxy) is 1. The SMILES string of the molecule is COc1c[c-]c2nnc(C)n2n1.[Y]. The van der Waals surface area contributed by atoms with Gasteiger partial charge in [0.15, 0.2) is 0 Å². The molecule has 0 aliphatic carbocycles. The first kappa shape index (κ1) is 10.5. The molecule has 0 bridgehead atoms. The molecule has 0 fully saturated rings. The van der Waals surface area contributed by atoms with Crippen molar-refractivity contribution in [2.75, 3.05) is 7.11 Å². The second kappa shape index (κ2) is 4.11. The van der Waals surface area contributed by atoms with Gasteiger partial charge < -0.3 is 4.74 Å². The zero-order valence-electron chi connectivity index (χ0n) is 7.35. The number of aromatic nitrogens is 4. The van der Waals surface area contributed by atoms with Gasteiger partial charge in [0.25, 0.3) is 0 Å². The molecule has 2 aromatic heterocycles. The second-order valence-corrected chi connectivity index (χ2v) is 2.31. The van der Waals surface area contributed by atoms with Crippen molar-refractivity contribution in [2.45, 2.75) is 6.92 Å². The van der Waals surface area contributed by atoms with Crippen molar-refractivity contribution in [1.29, 1.82) is 0 Å². The minimum atomic E-state index is 0. The molecule has 0 aliphatic rings. The topological polar surface area (TPSA) is 52.3 Å². The maximum atomic E-state index is 4.93. The number of methoxy groups -OCH3 is 1. The van der Waals surface area contributed by atoms with Crippen molar-refractivity contribution >= 4 is 5.65 Å². The number of hydrogen-bond donors (Lipinski definition) is 0. The van der Waals surface area contributed by atoms with Crippen molar-refractivity contribution in [3.05, 3.63) is 18.0 Å². The van der Waals surface area contributed by atoms with Crippen molar-refractivity contribution in [3.8, 4) is 5.88 Å². The fourth-order valence-corrected chi connectivity index (χ4v) is 0.921. The Kier molecular flexibility index (Phi) is 3.33. The molecule has 13 heavy (non-hydrogen) atoms. The van der Waals surface area contributed by atoms with Gasteiger partial charge in [-0.3, -0.25) is 0 Å². The molecule has 2 aromatic rings. The molecule has 1 radical (unpaired) electrons. The largest absolute Gasteiger partial charge is 0.563 e. The summed E-state index contributed by atoms with van der Waals surface area (Å²) >= 11 is 0. The van der Waals surface area contributed by atoms with E-state index in [1.165, 1.54) is 0 Å². The van der Waals surface area contributed by atoms with E-state index in [1.54, 1.807) is 17.7 Å². The van der Waals surface area contributed by atoms with Crippen molar-refractivity contribution in [2.24, 2.45) is 0 Å². The van der Waals surface area contributed by atoms with Gasteiger partial charge in [-0.05, 0) is 6.92 Å². The van der Waals surface area contributed by atoms with Gasteiger partial charge in [0, 0.05) is 32.7 Å². The second-order valence-electron chi connectivity index (χ2n) is 2.31. The van der Waals surface area contributed by atoms with Crippen LogP contribution in [-0.2, 0) is 32.7 Å². The van der Waals surface area contributed by atoms with Crippen LogP contribution in [0.25, 0.3) is 5.65 Å². The van der Waals surface area contributed by atoms with Gasteiger partial charge in [-0.1, -0.05) is 0 Å². The van der Waals surface area contributed by atoms with Crippen LogP contribution in [0.1, 0.15) is 5.82 Å². The van der Waals surface area contributed by atoms with Gasteiger partial charge in [-0.2, -0.15) is 12.1 Å². The van der Waals surface area contributed by atoms with Crippen molar-refractivity contribution in [3.63, 3.8) is 0 Å². The van der Waals surface area contributed by atoms with Gasteiger partial charge in [-0.15, -0.1) is 10.2 Å². The Balaban J connectivity index is 0.000000845. The summed E-state index contributed by atoms with van der Waals surface area (Å²) in [4.78, 5) is 0. The summed E-state index contributed by atoms with van der Waals surface area (Å²) in [5.41, 5.74) is 0.605. The number of rotatable bonds is 1. The molecule has 0 amide bonds. The van der Waals surface area contributed by atoms with E-state index in [4.69, 9.17) is 4.74 Å². The Morgan fingerprint density at radius 2 is 2.23 bits per heavy atom. The van der Waals surface area contributed by atoms with Crippen LogP contribution in [0, 0.1) is 13.0 Å². The number of aryl methyl sites for hydroxylation is 1. The smallest absolute Gasteiger partial charge is 0.148 e. The first-order valence-corrected chi connectivity index (χ1v) is 3.46. The Labute approximate surface area is 100 Å². The summed E-state index contributed by atoms with van der Waals surface area (Å²) in [6.45, 7) is 1.82. The van der Waals surface area contributed by atoms with E-state index in [0.717, 1.165) is 5.82 Å². The van der Waals surface area contributed by atoms with E-state index in [1.807, 2.05) is 6.92 Å². The number of nitrogens with zero attached hydrogens (tertiary/aromatic N) is 4. The van der Waals surface area contributed by atoms with Crippen LogP contribution >= 0.6 is 0 Å². The van der Waals surface area contributed by atoms with Crippen molar-refractivity contribution < 1.29 is 37.4 Å². The fraction of sp³-hybridized carbons (Fsp3) is 0.286. The van der Waals surface area contributed by atoms with E-state index in [0.29, 0.717) is 11.5 Å². The standard InChI is InChI=1S/C7H7N4O.Y/c1-5-8-9-6-3-4-7(12-2)10-11(5)6;/h4H,1-2H3;/q-1;. The summed E-state index contributed by atoms with van der Waals surface area (Å²) in [5, 5.41) is 11.8. The van der Waals surface area contributed by atoms with Gasteiger partial charge in [0.2, 0.25) is 0 Å². The molecule has 65 valence electrons. The summed E-state index contributed by atoms with van der Waals surface area (Å²) in [6, 6.07) is 4.52. The predicted octanol–water partition coefficient (Wildman–Crippen LogP) is 0.239. The molecular formula is C7H7N4OY-. The first-order chi connectivity index (χ1) is 5.81. The monoisotopic (exact) mass is 252 g/mol. The minimum Gasteiger partial charge on any atom is -0.563 e. The zero-order valence-corrected chi connectivity index (χ0v) is 10.2. The van der Waals surface area contributed by atoms with E-state index in [2.05, 4.69) is 21.4 Å². The van der Waals surface area contributed by atoms with E-state index < -0.39 is 0 Å². The van der Waals surface area contributed by atoms with Crippen LogP contribution in [0.3, 0.4) is 0 Å². The normalized spacial score (nSPS) is 9.69. The molecule has 0 N–H and O–H groups in total. The Morgan fingerprint density at radius 3 is 2.92 bits per heavy atom. The Bertz CT molecular complexity index is 414. The molecule has 0 spiro atoms. The predicted molar refractivity (Wildman–Crippen MR) is 40.9 cm³/mol. The van der Waals surface area contributed by atoms with Gasteiger partial charge in [-0.25, -0.2) is 9.61 Å². The summed E-state index contributed by atoms with van der Waals surface area (Å²) < 4.78 is 6.51. The van der Waals surface area contributed by atoms with Crippen LogP contribution in [0.5, 0.6) is 5.88 Å². The molecule has 2 heterocycles. The third-order valence-electron chi connectivity index (χ3n) is 1.53. The summed E-state index contributed by atoms with van der Waals surface area (Å²) in [7, 11) is 1.56. The Hall–Kier alpha value is -0.546. The molecule has 2 rings (SSSR count). The summed E-state index contributed by atoms with van der Waals surface area (Å²) in [5.74, 6) is 1.23. The van der Waals surface area contributed by atoms with Crippen LogP contribution in [0.2, 0.25) is 0 Å². The van der Waals surface area contributed by atoms with Gasteiger partial charge in [0.05, 0.1) is 18.6 Å². The molecule has 0 aliphatic heterocycles. The quantitative estimate of drug-likeness (QED) is 0.682. The van der Waals surface area contributed by atoms with Gasteiger partial charge >= 0.3 is 0 Å². The van der Waals surface area contributed by atoms with Gasteiger partial charge in [0.1, 0.15) is 5.82 Å². The molecular weight excluding hydrogens is 245 g/mol. The molecule has 6 heteroatoms. The average molecular weight is 252 g/mol. The van der Waals surface area contributed by atoms with Crippen LogP contribution in [-0.4, -0.2) is 26.9 Å². The summed E-state index contributed by atoms with van der Waals surface area (Å²) in [6.07, 6.45) is 0.